The summed E-state index contributed by atoms with van der Waals surface area (Å²) in [7, 11) is 0. The van der Waals surface area contributed by atoms with E-state index in [0.29, 0.717) is 32.8 Å². The van der Waals surface area contributed by atoms with Crippen LogP contribution in [0, 0.1) is 0 Å². The number of carbonyl (C=O) groups is 1. The van der Waals surface area contributed by atoms with Crippen molar-refractivity contribution in [2.45, 2.75) is 37.6 Å². The molecule has 0 radical (unpaired) electrons. The number of hydrogen-bond donors (Lipinski definition) is 0. The van der Waals surface area contributed by atoms with E-state index in [2.05, 4.69) is 31.6 Å². The van der Waals surface area contributed by atoms with Gasteiger partial charge in [-0.2, -0.15) is 0 Å². The monoisotopic (exact) mass is 397 g/mol. The van der Waals surface area contributed by atoms with Crippen molar-refractivity contribution in [3.63, 3.8) is 0 Å². The van der Waals surface area contributed by atoms with Crippen LogP contribution < -0.4 is 0 Å². The first kappa shape index (κ1) is 18.7. The molecule has 1 atom stereocenters. The minimum atomic E-state index is -0.483. The van der Waals surface area contributed by atoms with Gasteiger partial charge in [-0.3, -0.25) is 14.7 Å². The normalized spacial score (nSPS) is 24.4. The highest BCUT2D eigenvalue weighted by atomic mass is 16.5. The summed E-state index contributed by atoms with van der Waals surface area (Å²) in [5.41, 5.74) is 0.783. The van der Waals surface area contributed by atoms with E-state index in [0.717, 1.165) is 38.3 Å². The molecule has 3 aliphatic rings. The minimum absolute atomic E-state index is 0.0752. The van der Waals surface area contributed by atoms with Crippen molar-refractivity contribution in [2.75, 3.05) is 39.4 Å². The molecule has 5 heterocycles. The third-order valence-corrected chi connectivity index (χ3v) is 6.27. The lowest BCUT2D eigenvalue weighted by molar-refractivity contribution is -0.183. The Morgan fingerprint density at radius 2 is 1.86 bits per heavy atom. The van der Waals surface area contributed by atoms with Gasteiger partial charge in [0.2, 0.25) is 0 Å². The summed E-state index contributed by atoms with van der Waals surface area (Å²) in [5, 5.41) is 0. The third kappa shape index (κ3) is 3.68. The lowest BCUT2D eigenvalue weighted by Crippen LogP contribution is -2.55. The Morgan fingerprint density at radius 3 is 2.62 bits per heavy atom. The Bertz CT molecular complexity index is 841. The average Bonchev–Trinajstić information content (AvgIpc) is 3.26. The van der Waals surface area contributed by atoms with Crippen molar-refractivity contribution in [1.82, 2.24) is 24.3 Å². The summed E-state index contributed by atoms with van der Waals surface area (Å²) < 4.78 is 14.1. The molecule has 0 unspecified atom stereocenters. The van der Waals surface area contributed by atoms with Crippen LogP contribution in [-0.2, 0) is 33.0 Å². The van der Waals surface area contributed by atoms with Crippen molar-refractivity contribution in [1.29, 1.82) is 0 Å². The van der Waals surface area contributed by atoms with Gasteiger partial charge in [0.05, 0.1) is 19.8 Å². The van der Waals surface area contributed by atoms with Gasteiger partial charge in [0.15, 0.2) is 6.10 Å². The van der Waals surface area contributed by atoms with Gasteiger partial charge in [-0.15, -0.1) is 0 Å². The molecule has 0 N–H and O–H groups in total. The van der Waals surface area contributed by atoms with Crippen LogP contribution in [0.3, 0.4) is 0 Å². The van der Waals surface area contributed by atoms with Crippen LogP contribution in [0.2, 0.25) is 0 Å². The van der Waals surface area contributed by atoms with Crippen molar-refractivity contribution in [2.24, 2.45) is 0 Å². The van der Waals surface area contributed by atoms with Gasteiger partial charge >= 0.3 is 0 Å². The summed E-state index contributed by atoms with van der Waals surface area (Å²) in [6.07, 6.45) is 8.69. The number of amides is 1. The van der Waals surface area contributed by atoms with Crippen LogP contribution >= 0.6 is 0 Å². The molecule has 8 heteroatoms. The van der Waals surface area contributed by atoms with E-state index in [4.69, 9.17) is 9.47 Å². The molecule has 154 valence electrons. The van der Waals surface area contributed by atoms with Gasteiger partial charge in [0.1, 0.15) is 11.4 Å². The number of likely N-dealkylation sites (tertiary alicyclic amines) is 1. The first-order chi connectivity index (χ1) is 14.2. The molecule has 8 nitrogen and oxygen atoms in total. The molecule has 2 saturated heterocycles. The highest BCUT2D eigenvalue weighted by Gasteiger charge is 2.47. The smallest absolute Gasteiger partial charge is 0.253 e. The largest absolute Gasteiger partial charge is 0.378 e. The van der Waals surface area contributed by atoms with Gasteiger partial charge in [-0.05, 0) is 30.5 Å². The molecule has 0 aliphatic carbocycles. The van der Waals surface area contributed by atoms with Crippen LogP contribution in [0.15, 0.2) is 36.9 Å². The molecule has 2 aromatic rings. The van der Waals surface area contributed by atoms with Gasteiger partial charge in [-0.25, -0.2) is 4.98 Å². The molecule has 1 spiro atoms. The molecule has 3 aliphatic heterocycles. The van der Waals surface area contributed by atoms with E-state index in [-0.39, 0.29) is 5.91 Å². The fourth-order valence-electron chi connectivity index (χ4n) is 4.67. The van der Waals surface area contributed by atoms with E-state index in [1.807, 2.05) is 29.7 Å². The quantitative estimate of drug-likeness (QED) is 0.770. The predicted octanol–water partition coefficient (Wildman–Crippen LogP) is 1.03. The Labute approximate surface area is 170 Å². The number of hydrogen-bond acceptors (Lipinski definition) is 6. The number of aromatic nitrogens is 3. The Morgan fingerprint density at radius 1 is 1.10 bits per heavy atom. The van der Waals surface area contributed by atoms with Crippen molar-refractivity contribution in [3.05, 3.63) is 48.3 Å². The molecule has 2 fully saturated rings. The lowest BCUT2D eigenvalue weighted by Gasteiger charge is -2.46. The zero-order chi connectivity index (χ0) is 19.7. The lowest BCUT2D eigenvalue weighted by atomic mass is 9.88. The molecular weight excluding hydrogens is 370 g/mol. The molecule has 0 aromatic carbocycles. The second-order valence-corrected chi connectivity index (χ2v) is 8.07. The summed E-state index contributed by atoms with van der Waals surface area (Å²) >= 11 is 0. The highest BCUT2D eigenvalue weighted by molar-refractivity contribution is 5.81. The molecule has 5 rings (SSSR count). The SMILES string of the molecule is O=C([C@H]1Cn2ccnc2C2(CCN(Cc3ccncc3)CC2)O1)N1CCOCC1. The minimum Gasteiger partial charge on any atom is -0.378 e. The number of nitrogens with zero attached hydrogens (tertiary/aromatic N) is 5. The number of morpholine rings is 1. The van der Waals surface area contributed by atoms with Crippen LogP contribution in [0.5, 0.6) is 0 Å². The number of ether oxygens (including phenoxy) is 2. The second kappa shape index (κ2) is 7.85. The number of fused-ring (bicyclic) bond motifs is 2. The zero-order valence-electron chi connectivity index (χ0n) is 16.6. The Balaban J connectivity index is 1.31. The van der Waals surface area contributed by atoms with Gasteiger partial charge in [-0.1, -0.05) is 0 Å². The van der Waals surface area contributed by atoms with Crippen molar-refractivity contribution in [3.8, 4) is 0 Å². The van der Waals surface area contributed by atoms with Gasteiger partial charge in [0.25, 0.3) is 5.91 Å². The molecule has 1 amide bonds. The summed E-state index contributed by atoms with van der Waals surface area (Å²) in [6.45, 7) is 5.75. The molecular formula is C21H27N5O3. The van der Waals surface area contributed by atoms with Crippen LogP contribution in [0.4, 0.5) is 0 Å². The number of pyridine rings is 1. The van der Waals surface area contributed by atoms with E-state index in [1.54, 1.807) is 0 Å². The second-order valence-electron chi connectivity index (χ2n) is 8.07. The molecule has 29 heavy (non-hydrogen) atoms. The molecule has 0 saturated carbocycles. The molecule has 2 aromatic heterocycles. The number of imidazole rings is 1. The van der Waals surface area contributed by atoms with Gasteiger partial charge in [0, 0.05) is 57.5 Å². The first-order valence-corrected chi connectivity index (χ1v) is 10.4. The summed E-state index contributed by atoms with van der Waals surface area (Å²) in [5.74, 6) is 1.04. The van der Waals surface area contributed by atoms with E-state index in [1.165, 1.54) is 5.56 Å². The van der Waals surface area contributed by atoms with Crippen LogP contribution in [0.25, 0.3) is 0 Å². The van der Waals surface area contributed by atoms with Crippen LogP contribution in [-0.4, -0.2) is 75.7 Å². The van der Waals surface area contributed by atoms with Gasteiger partial charge < -0.3 is 18.9 Å². The topological polar surface area (TPSA) is 72.7 Å². The number of carbonyl (C=O) groups excluding carboxylic acids is 1. The standard InChI is InChI=1S/C21H27N5O3/c27-19(25-11-13-28-14-12-25)18-16-26-10-7-23-20(26)21(29-18)3-8-24(9-4-21)15-17-1-5-22-6-2-17/h1-2,5-7,10,18H,3-4,8-9,11-16H2/t18-/m1/s1. The maximum Gasteiger partial charge on any atom is 0.253 e. The third-order valence-electron chi connectivity index (χ3n) is 6.27. The maximum absolute atomic E-state index is 13.1. The van der Waals surface area contributed by atoms with Crippen LogP contribution in [0.1, 0.15) is 24.2 Å². The predicted molar refractivity (Wildman–Crippen MR) is 105 cm³/mol. The van der Waals surface area contributed by atoms with E-state index in [9.17, 15) is 4.79 Å². The molecule has 0 bridgehead atoms. The Kier molecular flexibility index (Phi) is 5.07. The fourth-order valence-corrected chi connectivity index (χ4v) is 4.67. The number of piperidine rings is 1. The average molecular weight is 397 g/mol. The number of rotatable bonds is 3. The van der Waals surface area contributed by atoms with Crippen molar-refractivity contribution >= 4 is 5.91 Å². The van der Waals surface area contributed by atoms with E-state index < -0.39 is 11.7 Å². The first-order valence-electron chi connectivity index (χ1n) is 10.4. The maximum atomic E-state index is 13.1. The summed E-state index contributed by atoms with van der Waals surface area (Å²) in [6, 6.07) is 4.12. The summed E-state index contributed by atoms with van der Waals surface area (Å²) in [4.78, 5) is 26.1. The highest BCUT2D eigenvalue weighted by Crippen LogP contribution is 2.40. The Hall–Kier alpha value is -2.29. The zero-order valence-corrected chi connectivity index (χ0v) is 16.6. The van der Waals surface area contributed by atoms with E-state index >= 15 is 0 Å². The fraction of sp³-hybridized carbons (Fsp3) is 0.571. The van der Waals surface area contributed by atoms with Crippen molar-refractivity contribution < 1.29 is 14.3 Å².